The van der Waals surface area contributed by atoms with Gasteiger partial charge in [0.15, 0.2) is 0 Å². The number of benzene rings is 1. The Bertz CT molecular complexity index is 743. The van der Waals surface area contributed by atoms with Gasteiger partial charge in [0.25, 0.3) is 0 Å². The molecular weight excluding hydrogens is 326 g/mol. The van der Waals surface area contributed by atoms with Crippen LogP contribution in [0.4, 0.5) is 11.8 Å². The number of hydrogen-bond acceptors (Lipinski definition) is 6. The molecule has 0 saturated carbocycles. The van der Waals surface area contributed by atoms with Crippen LogP contribution in [-0.4, -0.2) is 41.3 Å². The molecule has 2 aliphatic heterocycles. The minimum atomic E-state index is -0.393. The molecule has 4 N–H and O–H groups in total. The molecule has 0 bridgehead atoms. The Labute approximate surface area is 154 Å². The van der Waals surface area contributed by atoms with Crippen molar-refractivity contribution in [1.82, 2.24) is 15.3 Å². The number of nitrogens with one attached hydrogen (secondary N) is 1. The van der Waals surface area contributed by atoms with Gasteiger partial charge in [-0.25, -0.2) is 4.98 Å². The van der Waals surface area contributed by atoms with Crippen LogP contribution in [0.5, 0.6) is 0 Å². The Kier molecular flexibility index (Phi) is 5.04. The Morgan fingerprint density at radius 2 is 1.81 bits per heavy atom. The van der Waals surface area contributed by atoms with E-state index >= 15 is 0 Å². The second-order valence-electron chi connectivity index (χ2n) is 7.26. The first kappa shape index (κ1) is 17.2. The number of aliphatic hydroxyl groups excluding tert-OH is 1. The van der Waals surface area contributed by atoms with E-state index in [0.29, 0.717) is 5.95 Å². The predicted molar refractivity (Wildman–Crippen MR) is 103 cm³/mol. The maximum Gasteiger partial charge on any atom is 0.222 e. The third-order valence-corrected chi connectivity index (χ3v) is 5.61. The number of aromatic nitrogens is 2. The lowest BCUT2D eigenvalue weighted by Gasteiger charge is -2.36. The number of rotatable bonds is 3. The number of aliphatic hydroxyl groups is 1. The molecule has 3 heterocycles. The average molecular weight is 353 g/mol. The maximum absolute atomic E-state index is 10.7. The molecule has 0 spiro atoms. The summed E-state index contributed by atoms with van der Waals surface area (Å²) in [5.74, 6) is 1.66. The van der Waals surface area contributed by atoms with E-state index in [1.54, 1.807) is 0 Å². The molecule has 138 valence electrons. The largest absolute Gasteiger partial charge is 0.388 e. The van der Waals surface area contributed by atoms with Crippen LogP contribution in [0.15, 0.2) is 30.3 Å². The van der Waals surface area contributed by atoms with Crippen molar-refractivity contribution in [2.24, 2.45) is 5.92 Å². The van der Waals surface area contributed by atoms with E-state index in [2.05, 4.69) is 20.2 Å². The van der Waals surface area contributed by atoms with Crippen molar-refractivity contribution in [2.45, 2.75) is 31.8 Å². The van der Waals surface area contributed by atoms with Gasteiger partial charge in [0, 0.05) is 31.6 Å². The minimum absolute atomic E-state index is 0.285. The molecule has 1 saturated heterocycles. The number of hydrogen-bond donors (Lipinski definition) is 3. The molecule has 0 aliphatic carbocycles. The molecule has 2 aliphatic rings. The van der Waals surface area contributed by atoms with Crippen molar-refractivity contribution < 1.29 is 5.11 Å². The van der Waals surface area contributed by atoms with Gasteiger partial charge in [-0.1, -0.05) is 30.3 Å². The number of fused-ring (bicyclic) bond motifs is 1. The van der Waals surface area contributed by atoms with Crippen LogP contribution in [0.2, 0.25) is 0 Å². The van der Waals surface area contributed by atoms with Crippen LogP contribution in [-0.2, 0) is 12.8 Å². The van der Waals surface area contributed by atoms with E-state index < -0.39 is 6.10 Å². The van der Waals surface area contributed by atoms with Gasteiger partial charge in [-0.15, -0.1) is 0 Å². The van der Waals surface area contributed by atoms with Crippen molar-refractivity contribution in [2.75, 3.05) is 36.8 Å². The highest BCUT2D eigenvalue weighted by Crippen LogP contribution is 2.33. The highest BCUT2D eigenvalue weighted by molar-refractivity contribution is 5.53. The average Bonchev–Trinajstić information content (AvgIpc) is 2.93. The molecule has 1 atom stereocenters. The van der Waals surface area contributed by atoms with Crippen molar-refractivity contribution in [1.29, 1.82) is 0 Å². The van der Waals surface area contributed by atoms with E-state index in [4.69, 9.17) is 5.73 Å². The molecule has 1 aromatic heterocycles. The topological polar surface area (TPSA) is 87.3 Å². The fourth-order valence-corrected chi connectivity index (χ4v) is 4.15. The van der Waals surface area contributed by atoms with Crippen LogP contribution in [0.3, 0.4) is 0 Å². The Morgan fingerprint density at radius 1 is 1.08 bits per heavy atom. The monoisotopic (exact) mass is 353 g/mol. The molecule has 2 aromatic rings. The quantitative estimate of drug-likeness (QED) is 0.778. The van der Waals surface area contributed by atoms with E-state index in [-0.39, 0.29) is 5.92 Å². The molecule has 6 heteroatoms. The van der Waals surface area contributed by atoms with Gasteiger partial charge >= 0.3 is 0 Å². The number of anilines is 2. The highest BCUT2D eigenvalue weighted by atomic mass is 16.3. The van der Waals surface area contributed by atoms with Gasteiger partial charge in [-0.05, 0) is 37.3 Å². The lowest BCUT2D eigenvalue weighted by atomic mass is 9.87. The summed E-state index contributed by atoms with van der Waals surface area (Å²) < 4.78 is 0. The predicted octanol–water partition coefficient (Wildman–Crippen LogP) is 1.70. The van der Waals surface area contributed by atoms with Crippen molar-refractivity contribution in [3.05, 3.63) is 47.2 Å². The molecular formula is C20H27N5O. The van der Waals surface area contributed by atoms with Gasteiger partial charge in [0.1, 0.15) is 5.82 Å². The van der Waals surface area contributed by atoms with E-state index in [1.165, 1.54) is 5.56 Å². The van der Waals surface area contributed by atoms with Gasteiger partial charge in [-0.3, -0.25) is 0 Å². The SMILES string of the molecule is Nc1nc2c(c(N3CCC([C@H](O)c4ccccc4)CC3)n1)CCNCC2. The molecule has 4 rings (SSSR count). The first-order valence-electron chi connectivity index (χ1n) is 9.56. The number of nitrogen functional groups attached to an aromatic ring is 1. The first-order valence-corrected chi connectivity index (χ1v) is 9.56. The van der Waals surface area contributed by atoms with Crippen molar-refractivity contribution in [3.8, 4) is 0 Å². The normalized spacial score (nSPS) is 19.7. The smallest absolute Gasteiger partial charge is 0.222 e. The standard InChI is InChI=1S/C20H27N5O/c21-20-23-17-7-11-22-10-6-16(17)19(24-20)25-12-8-15(9-13-25)18(26)14-4-2-1-3-5-14/h1-5,15,18,22,26H,6-13H2,(H2,21,23,24)/t18-/m1/s1. The van der Waals surface area contributed by atoms with Crippen LogP contribution in [0.25, 0.3) is 0 Å². The molecule has 1 aromatic carbocycles. The van der Waals surface area contributed by atoms with Gasteiger partial charge in [0.05, 0.1) is 11.8 Å². The second kappa shape index (κ2) is 7.60. The maximum atomic E-state index is 10.7. The third kappa shape index (κ3) is 3.52. The summed E-state index contributed by atoms with van der Waals surface area (Å²) in [5.41, 5.74) is 9.32. The zero-order chi connectivity index (χ0) is 17.9. The van der Waals surface area contributed by atoms with Crippen LogP contribution < -0.4 is 16.0 Å². The molecule has 0 amide bonds. The zero-order valence-electron chi connectivity index (χ0n) is 15.1. The first-order chi connectivity index (χ1) is 12.7. The highest BCUT2D eigenvalue weighted by Gasteiger charge is 2.29. The molecule has 0 unspecified atom stereocenters. The summed E-state index contributed by atoms with van der Waals surface area (Å²) in [5, 5.41) is 14.1. The van der Waals surface area contributed by atoms with Gasteiger partial charge in [-0.2, -0.15) is 4.98 Å². The number of nitrogens with zero attached hydrogens (tertiary/aromatic N) is 3. The van der Waals surface area contributed by atoms with Gasteiger partial charge in [0.2, 0.25) is 5.95 Å². The van der Waals surface area contributed by atoms with E-state index in [1.807, 2.05) is 30.3 Å². The summed E-state index contributed by atoms with van der Waals surface area (Å²) in [6.45, 7) is 3.68. The lowest BCUT2D eigenvalue weighted by Crippen LogP contribution is -2.37. The molecule has 26 heavy (non-hydrogen) atoms. The number of piperidine rings is 1. The minimum Gasteiger partial charge on any atom is -0.388 e. The zero-order valence-corrected chi connectivity index (χ0v) is 15.1. The van der Waals surface area contributed by atoms with Crippen molar-refractivity contribution in [3.63, 3.8) is 0 Å². The second-order valence-corrected chi connectivity index (χ2v) is 7.26. The van der Waals surface area contributed by atoms with E-state index in [9.17, 15) is 5.11 Å². The summed E-state index contributed by atoms with van der Waals surface area (Å²) >= 11 is 0. The Hall–Kier alpha value is -2.18. The number of nitrogens with two attached hydrogens (primary N) is 1. The fourth-order valence-electron chi connectivity index (χ4n) is 4.15. The van der Waals surface area contributed by atoms with Crippen LogP contribution in [0, 0.1) is 5.92 Å². The third-order valence-electron chi connectivity index (χ3n) is 5.61. The molecule has 6 nitrogen and oxygen atoms in total. The summed E-state index contributed by atoms with van der Waals surface area (Å²) in [7, 11) is 0. The van der Waals surface area contributed by atoms with E-state index in [0.717, 1.165) is 68.9 Å². The summed E-state index contributed by atoms with van der Waals surface area (Å²) in [6, 6.07) is 9.98. The lowest BCUT2D eigenvalue weighted by molar-refractivity contribution is 0.0928. The van der Waals surface area contributed by atoms with Crippen LogP contribution in [0.1, 0.15) is 35.8 Å². The summed E-state index contributed by atoms with van der Waals surface area (Å²) in [6.07, 6.45) is 3.35. The summed E-state index contributed by atoms with van der Waals surface area (Å²) in [4.78, 5) is 11.4. The fraction of sp³-hybridized carbons (Fsp3) is 0.500. The molecule has 0 radical (unpaired) electrons. The van der Waals surface area contributed by atoms with Gasteiger partial charge < -0.3 is 21.1 Å². The molecule has 1 fully saturated rings. The Balaban J connectivity index is 1.49. The van der Waals surface area contributed by atoms with Crippen LogP contribution >= 0.6 is 0 Å². The Morgan fingerprint density at radius 3 is 2.58 bits per heavy atom. The van der Waals surface area contributed by atoms with Crippen molar-refractivity contribution >= 4 is 11.8 Å².